The molecule has 1 aromatic carbocycles. The van der Waals surface area contributed by atoms with Gasteiger partial charge in [0.2, 0.25) is 10.0 Å². The topological polar surface area (TPSA) is 81.4 Å². The first kappa shape index (κ1) is 15.6. The predicted octanol–water partition coefficient (Wildman–Crippen LogP) is 1.28. The summed E-state index contributed by atoms with van der Waals surface area (Å²) in [6, 6.07) is 3.19. The van der Waals surface area contributed by atoms with Crippen LogP contribution in [0, 0.1) is 5.82 Å². The molecule has 0 fully saturated rings. The zero-order chi connectivity index (χ0) is 14.5. The van der Waals surface area contributed by atoms with E-state index in [1.54, 1.807) is 6.92 Å². The van der Waals surface area contributed by atoms with E-state index >= 15 is 0 Å². The van der Waals surface area contributed by atoms with E-state index in [9.17, 15) is 12.8 Å². The van der Waals surface area contributed by atoms with Gasteiger partial charge >= 0.3 is 0 Å². The van der Waals surface area contributed by atoms with E-state index in [2.05, 4.69) is 11.3 Å². The van der Waals surface area contributed by atoms with E-state index in [4.69, 9.17) is 10.5 Å². The number of nitrogens with one attached hydrogen (secondary N) is 1. The number of anilines is 1. The van der Waals surface area contributed by atoms with Gasteiger partial charge in [0.15, 0.2) is 0 Å². The molecule has 0 unspecified atom stereocenters. The Labute approximate surface area is 112 Å². The zero-order valence-corrected chi connectivity index (χ0v) is 11.5. The molecular weight excluding hydrogens is 271 g/mol. The molecular formula is C12H17FN2O3S. The Morgan fingerprint density at radius 3 is 2.84 bits per heavy atom. The van der Waals surface area contributed by atoms with Crippen LogP contribution < -0.4 is 10.5 Å². The van der Waals surface area contributed by atoms with Crippen molar-refractivity contribution in [2.45, 2.75) is 11.8 Å². The van der Waals surface area contributed by atoms with Crippen molar-refractivity contribution in [1.82, 2.24) is 4.72 Å². The number of ether oxygens (including phenoxy) is 1. The fourth-order valence-electron chi connectivity index (χ4n) is 1.31. The molecule has 0 aliphatic rings. The van der Waals surface area contributed by atoms with Crippen LogP contribution in [-0.2, 0) is 14.8 Å². The molecule has 0 saturated carbocycles. The second-order valence-electron chi connectivity index (χ2n) is 4.09. The van der Waals surface area contributed by atoms with E-state index in [0.717, 1.165) is 17.7 Å². The van der Waals surface area contributed by atoms with E-state index in [0.29, 0.717) is 6.61 Å². The van der Waals surface area contributed by atoms with Crippen molar-refractivity contribution in [1.29, 1.82) is 0 Å². The maximum Gasteiger partial charge on any atom is 0.242 e. The van der Waals surface area contributed by atoms with Crippen LogP contribution in [-0.4, -0.2) is 28.2 Å². The third-order valence-electron chi connectivity index (χ3n) is 2.15. The van der Waals surface area contributed by atoms with Crippen molar-refractivity contribution in [2.24, 2.45) is 0 Å². The molecule has 19 heavy (non-hydrogen) atoms. The first-order valence-electron chi connectivity index (χ1n) is 5.60. The van der Waals surface area contributed by atoms with Gasteiger partial charge in [-0.2, -0.15) is 0 Å². The summed E-state index contributed by atoms with van der Waals surface area (Å²) < 4.78 is 44.2. The van der Waals surface area contributed by atoms with Gasteiger partial charge < -0.3 is 10.5 Å². The van der Waals surface area contributed by atoms with E-state index in [1.165, 1.54) is 6.07 Å². The minimum Gasteiger partial charge on any atom is -0.398 e. The lowest BCUT2D eigenvalue weighted by molar-refractivity contribution is 0.162. The summed E-state index contributed by atoms with van der Waals surface area (Å²) >= 11 is 0. The molecule has 0 amide bonds. The standard InChI is InChI=1S/C12H17FN2O3S/c1-9(2)8-18-6-5-15-19(16,17)12-7-10(13)3-4-11(12)14/h3-4,7,15H,1,5-6,8,14H2,2H3. The molecule has 0 radical (unpaired) electrons. The molecule has 0 spiro atoms. The molecule has 0 saturated heterocycles. The largest absolute Gasteiger partial charge is 0.398 e. The Balaban J connectivity index is 2.61. The Morgan fingerprint density at radius 2 is 2.21 bits per heavy atom. The van der Waals surface area contributed by atoms with Crippen molar-refractivity contribution in [3.63, 3.8) is 0 Å². The van der Waals surface area contributed by atoms with Crippen molar-refractivity contribution >= 4 is 15.7 Å². The molecule has 5 nitrogen and oxygen atoms in total. The smallest absolute Gasteiger partial charge is 0.242 e. The molecule has 0 heterocycles. The number of halogens is 1. The second kappa shape index (κ2) is 6.65. The van der Waals surface area contributed by atoms with Gasteiger partial charge in [0.25, 0.3) is 0 Å². The average molecular weight is 288 g/mol. The summed E-state index contributed by atoms with van der Waals surface area (Å²) in [6.45, 7) is 6.09. The van der Waals surface area contributed by atoms with Crippen LogP contribution in [0.4, 0.5) is 10.1 Å². The molecule has 0 aromatic heterocycles. The Morgan fingerprint density at radius 1 is 1.53 bits per heavy atom. The molecule has 1 rings (SSSR count). The SMILES string of the molecule is C=C(C)COCCNS(=O)(=O)c1cc(F)ccc1N. The first-order valence-corrected chi connectivity index (χ1v) is 7.08. The van der Waals surface area contributed by atoms with Crippen molar-refractivity contribution in [3.05, 3.63) is 36.2 Å². The van der Waals surface area contributed by atoms with Crippen molar-refractivity contribution < 1.29 is 17.5 Å². The third kappa shape index (κ3) is 4.98. The van der Waals surface area contributed by atoms with Gasteiger partial charge in [-0.1, -0.05) is 12.2 Å². The van der Waals surface area contributed by atoms with E-state index < -0.39 is 15.8 Å². The summed E-state index contributed by atoms with van der Waals surface area (Å²) in [4.78, 5) is -0.271. The van der Waals surface area contributed by atoms with Gasteiger partial charge in [0, 0.05) is 6.54 Å². The van der Waals surface area contributed by atoms with Crippen LogP contribution in [0.5, 0.6) is 0 Å². The summed E-state index contributed by atoms with van der Waals surface area (Å²) in [6.07, 6.45) is 0. The third-order valence-corrected chi connectivity index (χ3v) is 3.67. The molecule has 1 aromatic rings. The molecule has 0 bridgehead atoms. The van der Waals surface area contributed by atoms with Crippen LogP contribution in [0.3, 0.4) is 0 Å². The minimum atomic E-state index is -3.83. The maximum absolute atomic E-state index is 13.0. The molecule has 0 aliphatic heterocycles. The van der Waals surface area contributed by atoms with Gasteiger partial charge in [-0.15, -0.1) is 0 Å². The number of nitrogens with two attached hydrogens (primary N) is 1. The monoisotopic (exact) mass is 288 g/mol. The Hall–Kier alpha value is -1.44. The quantitative estimate of drug-likeness (QED) is 0.450. The Kier molecular flexibility index (Phi) is 5.46. The normalized spacial score (nSPS) is 11.5. The van der Waals surface area contributed by atoms with Gasteiger partial charge in [0.1, 0.15) is 10.7 Å². The second-order valence-corrected chi connectivity index (χ2v) is 5.82. The highest BCUT2D eigenvalue weighted by Gasteiger charge is 2.17. The minimum absolute atomic E-state index is 0.00301. The fraction of sp³-hybridized carbons (Fsp3) is 0.333. The number of rotatable bonds is 7. The lowest BCUT2D eigenvalue weighted by atomic mass is 10.3. The van der Waals surface area contributed by atoms with Gasteiger partial charge in [-0.25, -0.2) is 17.5 Å². The summed E-state index contributed by atoms with van der Waals surface area (Å²) in [5, 5.41) is 0. The summed E-state index contributed by atoms with van der Waals surface area (Å²) in [5.74, 6) is -0.659. The number of hydrogen-bond donors (Lipinski definition) is 2. The number of benzene rings is 1. The highest BCUT2D eigenvalue weighted by molar-refractivity contribution is 7.89. The number of sulfonamides is 1. The average Bonchev–Trinajstić information content (AvgIpc) is 2.31. The first-order chi connectivity index (χ1) is 8.83. The number of hydrogen-bond acceptors (Lipinski definition) is 4. The summed E-state index contributed by atoms with van der Waals surface area (Å²) in [5.41, 5.74) is 6.36. The van der Waals surface area contributed by atoms with E-state index in [1.807, 2.05) is 0 Å². The van der Waals surface area contributed by atoms with Crippen molar-refractivity contribution in [3.8, 4) is 0 Å². The van der Waals surface area contributed by atoms with E-state index in [-0.39, 0.29) is 23.7 Å². The van der Waals surface area contributed by atoms with Crippen LogP contribution in [0.1, 0.15) is 6.92 Å². The molecule has 0 aliphatic carbocycles. The number of nitrogen functional groups attached to an aromatic ring is 1. The maximum atomic E-state index is 13.0. The lowest BCUT2D eigenvalue weighted by Gasteiger charge is -2.09. The molecule has 7 heteroatoms. The molecule has 0 atom stereocenters. The highest BCUT2D eigenvalue weighted by Crippen LogP contribution is 2.18. The zero-order valence-electron chi connectivity index (χ0n) is 10.6. The predicted molar refractivity (Wildman–Crippen MR) is 71.6 cm³/mol. The van der Waals surface area contributed by atoms with Gasteiger partial charge in [-0.3, -0.25) is 0 Å². The van der Waals surface area contributed by atoms with Crippen LogP contribution in [0.15, 0.2) is 35.2 Å². The fourth-order valence-corrected chi connectivity index (χ4v) is 2.47. The molecule has 106 valence electrons. The lowest BCUT2D eigenvalue weighted by Crippen LogP contribution is -2.28. The molecule has 3 N–H and O–H groups in total. The van der Waals surface area contributed by atoms with Crippen LogP contribution in [0.2, 0.25) is 0 Å². The van der Waals surface area contributed by atoms with Crippen LogP contribution >= 0.6 is 0 Å². The van der Waals surface area contributed by atoms with Crippen LogP contribution in [0.25, 0.3) is 0 Å². The van der Waals surface area contributed by atoms with Gasteiger partial charge in [0.05, 0.1) is 18.9 Å². The van der Waals surface area contributed by atoms with Crippen molar-refractivity contribution in [2.75, 3.05) is 25.5 Å². The van der Waals surface area contributed by atoms with Gasteiger partial charge in [-0.05, 0) is 25.1 Å². The highest BCUT2D eigenvalue weighted by atomic mass is 32.2. The Bertz CT molecular complexity index is 558. The summed E-state index contributed by atoms with van der Waals surface area (Å²) in [7, 11) is -3.83.